The minimum absolute atomic E-state index is 0.0869. The quantitative estimate of drug-likeness (QED) is 0.783. The molecule has 0 unspecified atom stereocenters. The van der Waals surface area contributed by atoms with Gasteiger partial charge >= 0.3 is 5.97 Å². The van der Waals surface area contributed by atoms with Crippen molar-refractivity contribution in [1.82, 2.24) is 0 Å². The summed E-state index contributed by atoms with van der Waals surface area (Å²) in [5.74, 6) is -0.376. The molecule has 0 aromatic heterocycles. The molecule has 1 aromatic rings. The smallest absolute Gasteiger partial charge is 0.328 e. The largest absolute Gasteiger partial charge is 0.507 e. The van der Waals surface area contributed by atoms with Gasteiger partial charge in [0.15, 0.2) is 0 Å². The van der Waals surface area contributed by atoms with Crippen molar-refractivity contribution in [1.29, 1.82) is 0 Å². The molecule has 5 heteroatoms. The number of hydrogen-bond acceptors (Lipinski definition) is 4. The standard InChI is InChI=1S/C12H14O5/c1-7(4-11(14)15)12-9(13)5-8(16-2)6-10(12)17-3/h4-6,13H,1-3H3,(H,14,15). The molecule has 1 rings (SSSR count). The Labute approximate surface area is 98.9 Å². The van der Waals surface area contributed by atoms with Gasteiger partial charge in [-0.1, -0.05) is 0 Å². The first-order valence-electron chi connectivity index (χ1n) is 4.86. The van der Waals surface area contributed by atoms with E-state index in [1.165, 1.54) is 20.3 Å². The molecular formula is C12H14O5. The normalized spacial score (nSPS) is 11.1. The summed E-state index contributed by atoms with van der Waals surface area (Å²) in [5.41, 5.74) is 0.741. The fourth-order valence-corrected chi connectivity index (χ4v) is 1.51. The number of allylic oxidation sites excluding steroid dienone is 1. The summed E-state index contributed by atoms with van der Waals surface area (Å²) >= 11 is 0. The summed E-state index contributed by atoms with van der Waals surface area (Å²) in [4.78, 5) is 10.6. The van der Waals surface area contributed by atoms with E-state index in [4.69, 9.17) is 14.6 Å². The summed E-state index contributed by atoms with van der Waals surface area (Å²) < 4.78 is 10.1. The van der Waals surface area contributed by atoms with Crippen LogP contribution in [0.25, 0.3) is 5.57 Å². The lowest BCUT2D eigenvalue weighted by Crippen LogP contribution is -1.95. The molecule has 0 spiro atoms. The van der Waals surface area contributed by atoms with Gasteiger partial charge < -0.3 is 19.7 Å². The average molecular weight is 238 g/mol. The Balaban J connectivity index is 3.37. The van der Waals surface area contributed by atoms with E-state index < -0.39 is 5.97 Å². The number of ether oxygens (including phenoxy) is 2. The van der Waals surface area contributed by atoms with Crippen LogP contribution >= 0.6 is 0 Å². The van der Waals surface area contributed by atoms with E-state index in [2.05, 4.69) is 0 Å². The SMILES string of the molecule is COc1cc(O)c(C(C)=CC(=O)O)c(OC)c1. The third-order valence-corrected chi connectivity index (χ3v) is 2.24. The topological polar surface area (TPSA) is 76.0 Å². The fraction of sp³-hybridized carbons (Fsp3) is 0.250. The van der Waals surface area contributed by atoms with Crippen LogP contribution in [0.5, 0.6) is 17.2 Å². The molecule has 0 aliphatic carbocycles. The first-order valence-corrected chi connectivity index (χ1v) is 4.86. The van der Waals surface area contributed by atoms with Gasteiger partial charge in [-0.3, -0.25) is 0 Å². The molecule has 0 fully saturated rings. The zero-order valence-corrected chi connectivity index (χ0v) is 9.85. The molecule has 0 radical (unpaired) electrons. The predicted molar refractivity (Wildman–Crippen MR) is 62.5 cm³/mol. The predicted octanol–water partition coefficient (Wildman–Crippen LogP) is 1.90. The van der Waals surface area contributed by atoms with Crippen molar-refractivity contribution < 1.29 is 24.5 Å². The van der Waals surface area contributed by atoms with Crippen LogP contribution in [-0.2, 0) is 4.79 Å². The zero-order valence-electron chi connectivity index (χ0n) is 9.85. The Morgan fingerprint density at radius 3 is 2.41 bits per heavy atom. The Kier molecular flexibility index (Phi) is 3.98. The summed E-state index contributed by atoms with van der Waals surface area (Å²) in [5, 5.41) is 18.5. The molecule has 5 nitrogen and oxygen atoms in total. The van der Waals surface area contributed by atoms with Crippen LogP contribution < -0.4 is 9.47 Å². The average Bonchev–Trinajstić information content (AvgIpc) is 2.26. The Hall–Kier alpha value is -2.17. The van der Waals surface area contributed by atoms with Gasteiger partial charge in [0.25, 0.3) is 0 Å². The third kappa shape index (κ3) is 2.90. The molecule has 17 heavy (non-hydrogen) atoms. The number of carboxylic acid groups (broad SMARTS) is 1. The lowest BCUT2D eigenvalue weighted by atomic mass is 10.0. The molecule has 0 saturated carbocycles. The number of phenols is 1. The number of phenolic OH excluding ortho intramolecular Hbond substituents is 1. The molecule has 0 saturated heterocycles. The second-order valence-electron chi connectivity index (χ2n) is 3.39. The van der Waals surface area contributed by atoms with Crippen LogP contribution in [-0.4, -0.2) is 30.4 Å². The highest BCUT2D eigenvalue weighted by molar-refractivity contribution is 5.91. The Morgan fingerprint density at radius 2 is 1.94 bits per heavy atom. The maximum Gasteiger partial charge on any atom is 0.328 e. The molecule has 0 atom stereocenters. The van der Waals surface area contributed by atoms with E-state index in [0.717, 1.165) is 6.08 Å². The zero-order chi connectivity index (χ0) is 13.0. The molecule has 0 heterocycles. The molecule has 2 N–H and O–H groups in total. The van der Waals surface area contributed by atoms with Crippen molar-refractivity contribution in [3.05, 3.63) is 23.8 Å². The lowest BCUT2D eigenvalue weighted by molar-refractivity contribution is -0.131. The summed E-state index contributed by atoms with van der Waals surface area (Å²) in [7, 11) is 2.90. The highest BCUT2D eigenvalue weighted by atomic mass is 16.5. The van der Waals surface area contributed by atoms with Crippen LogP contribution in [0.4, 0.5) is 0 Å². The van der Waals surface area contributed by atoms with Crippen LogP contribution in [0.15, 0.2) is 18.2 Å². The van der Waals surface area contributed by atoms with Gasteiger partial charge in [0.2, 0.25) is 0 Å². The summed E-state index contributed by atoms with van der Waals surface area (Å²) in [6, 6.07) is 2.98. The molecule has 0 aliphatic rings. The van der Waals surface area contributed by atoms with E-state index in [1.807, 2.05) is 0 Å². The molecule has 1 aromatic carbocycles. The number of aromatic hydroxyl groups is 1. The second kappa shape index (κ2) is 5.25. The van der Waals surface area contributed by atoms with Crippen LogP contribution in [0.1, 0.15) is 12.5 Å². The highest BCUT2D eigenvalue weighted by Crippen LogP contribution is 2.37. The highest BCUT2D eigenvalue weighted by Gasteiger charge is 2.14. The van der Waals surface area contributed by atoms with Crippen molar-refractivity contribution in [2.45, 2.75) is 6.92 Å². The van der Waals surface area contributed by atoms with Gasteiger partial charge in [-0.25, -0.2) is 4.79 Å². The Bertz CT molecular complexity index is 462. The van der Waals surface area contributed by atoms with Gasteiger partial charge in [-0.2, -0.15) is 0 Å². The van der Waals surface area contributed by atoms with E-state index in [-0.39, 0.29) is 5.75 Å². The van der Waals surface area contributed by atoms with Crippen molar-refractivity contribution in [3.63, 3.8) is 0 Å². The van der Waals surface area contributed by atoms with Crippen molar-refractivity contribution >= 4 is 11.5 Å². The first-order chi connectivity index (χ1) is 7.99. The van der Waals surface area contributed by atoms with Crippen molar-refractivity contribution in [2.24, 2.45) is 0 Å². The number of carbonyl (C=O) groups is 1. The third-order valence-electron chi connectivity index (χ3n) is 2.24. The second-order valence-corrected chi connectivity index (χ2v) is 3.39. The monoisotopic (exact) mass is 238 g/mol. The molecule has 0 aliphatic heterocycles. The minimum Gasteiger partial charge on any atom is -0.507 e. The molecule has 0 amide bonds. The lowest BCUT2D eigenvalue weighted by Gasteiger charge is -2.12. The number of methoxy groups -OCH3 is 2. The fourth-order valence-electron chi connectivity index (χ4n) is 1.51. The molecule has 92 valence electrons. The van der Waals surface area contributed by atoms with Gasteiger partial charge in [-0.15, -0.1) is 0 Å². The summed E-state index contributed by atoms with van der Waals surface area (Å²) in [6.45, 7) is 1.58. The maximum absolute atomic E-state index is 10.6. The van der Waals surface area contributed by atoms with Crippen molar-refractivity contribution in [3.8, 4) is 17.2 Å². The van der Waals surface area contributed by atoms with Crippen LogP contribution in [0, 0.1) is 0 Å². The number of carboxylic acids is 1. The van der Waals surface area contributed by atoms with E-state index in [0.29, 0.717) is 22.6 Å². The molecule has 0 bridgehead atoms. The minimum atomic E-state index is -1.08. The Morgan fingerprint density at radius 1 is 1.29 bits per heavy atom. The van der Waals surface area contributed by atoms with Crippen LogP contribution in [0.2, 0.25) is 0 Å². The number of rotatable bonds is 4. The van der Waals surface area contributed by atoms with E-state index in [9.17, 15) is 9.90 Å². The number of aliphatic carboxylic acids is 1. The van der Waals surface area contributed by atoms with Gasteiger partial charge in [-0.05, 0) is 12.5 Å². The first kappa shape index (κ1) is 12.9. The van der Waals surface area contributed by atoms with Gasteiger partial charge in [0.05, 0.1) is 19.8 Å². The molecular weight excluding hydrogens is 224 g/mol. The maximum atomic E-state index is 10.6. The van der Waals surface area contributed by atoms with Gasteiger partial charge in [0, 0.05) is 18.2 Å². The summed E-state index contributed by atoms with van der Waals surface area (Å²) in [6.07, 6.45) is 1.00. The van der Waals surface area contributed by atoms with E-state index >= 15 is 0 Å². The number of benzene rings is 1. The van der Waals surface area contributed by atoms with Gasteiger partial charge in [0.1, 0.15) is 17.2 Å². The van der Waals surface area contributed by atoms with Crippen LogP contribution in [0.3, 0.4) is 0 Å². The van der Waals surface area contributed by atoms with E-state index in [1.54, 1.807) is 13.0 Å². The number of hydrogen-bond donors (Lipinski definition) is 2. The van der Waals surface area contributed by atoms with Crippen molar-refractivity contribution in [2.75, 3.05) is 14.2 Å².